The molecule has 3 rings (SSSR count). The second-order valence-corrected chi connectivity index (χ2v) is 6.63. The molecule has 2 saturated heterocycles. The van der Waals surface area contributed by atoms with E-state index in [1.807, 2.05) is 18.2 Å². The molecule has 0 aromatic heterocycles. The first-order valence-electron chi connectivity index (χ1n) is 7.74. The standard InChI is InChI=1S/C16H22Cl2N2O/c17-13-2-1-3-14(18)15(13)16(12-4-10-21-11-5-12)20-8-6-19-7-9-20/h1-3,12,16,19H,4-11H2/t16-/m0/s1. The van der Waals surface area contributed by atoms with Gasteiger partial charge in [0.25, 0.3) is 0 Å². The van der Waals surface area contributed by atoms with Crippen LogP contribution in [0, 0.1) is 5.92 Å². The molecule has 0 bridgehead atoms. The summed E-state index contributed by atoms with van der Waals surface area (Å²) in [5, 5.41) is 5.00. The molecule has 1 aromatic rings. The Morgan fingerprint density at radius 3 is 2.33 bits per heavy atom. The highest BCUT2D eigenvalue weighted by Crippen LogP contribution is 2.41. The van der Waals surface area contributed by atoms with Crippen LogP contribution in [0.5, 0.6) is 0 Å². The van der Waals surface area contributed by atoms with Crippen LogP contribution < -0.4 is 5.32 Å². The molecule has 2 heterocycles. The van der Waals surface area contributed by atoms with Gasteiger partial charge in [0.05, 0.1) is 0 Å². The van der Waals surface area contributed by atoms with Gasteiger partial charge in [-0.25, -0.2) is 0 Å². The fraction of sp³-hybridized carbons (Fsp3) is 0.625. The van der Waals surface area contributed by atoms with Crippen molar-refractivity contribution in [3.63, 3.8) is 0 Å². The number of nitrogens with zero attached hydrogens (tertiary/aromatic N) is 1. The summed E-state index contributed by atoms with van der Waals surface area (Å²) in [5.41, 5.74) is 1.11. The molecule has 1 aromatic carbocycles. The SMILES string of the molecule is Clc1cccc(Cl)c1[C@H](C1CCOCC1)N1CCNCC1. The molecule has 2 fully saturated rings. The molecule has 0 radical (unpaired) electrons. The second-order valence-electron chi connectivity index (χ2n) is 5.82. The monoisotopic (exact) mass is 328 g/mol. The lowest BCUT2D eigenvalue weighted by atomic mass is 9.85. The van der Waals surface area contributed by atoms with Crippen molar-refractivity contribution in [1.29, 1.82) is 0 Å². The summed E-state index contributed by atoms with van der Waals surface area (Å²) < 4.78 is 5.54. The largest absolute Gasteiger partial charge is 0.381 e. The molecule has 1 N–H and O–H groups in total. The maximum atomic E-state index is 6.50. The summed E-state index contributed by atoms with van der Waals surface area (Å²) in [6.07, 6.45) is 2.16. The zero-order chi connectivity index (χ0) is 14.7. The zero-order valence-electron chi connectivity index (χ0n) is 12.2. The van der Waals surface area contributed by atoms with Crippen molar-refractivity contribution >= 4 is 23.2 Å². The Morgan fingerprint density at radius 2 is 1.71 bits per heavy atom. The Morgan fingerprint density at radius 1 is 1.10 bits per heavy atom. The third-order valence-corrected chi connectivity index (χ3v) is 5.21. The number of nitrogens with one attached hydrogen (secondary N) is 1. The highest BCUT2D eigenvalue weighted by Gasteiger charge is 2.33. The van der Waals surface area contributed by atoms with Crippen molar-refractivity contribution in [3.05, 3.63) is 33.8 Å². The smallest absolute Gasteiger partial charge is 0.0469 e. The van der Waals surface area contributed by atoms with Gasteiger partial charge in [-0.1, -0.05) is 29.3 Å². The molecule has 0 amide bonds. The topological polar surface area (TPSA) is 24.5 Å². The fourth-order valence-corrected chi connectivity index (χ4v) is 4.12. The van der Waals surface area contributed by atoms with E-state index >= 15 is 0 Å². The minimum atomic E-state index is 0.303. The number of piperazine rings is 1. The third-order valence-electron chi connectivity index (χ3n) is 4.55. The number of hydrogen-bond acceptors (Lipinski definition) is 3. The Hall–Kier alpha value is -0.320. The number of rotatable bonds is 3. The first kappa shape index (κ1) is 15.6. The lowest BCUT2D eigenvalue weighted by Crippen LogP contribution is -2.47. The molecular formula is C16H22Cl2N2O. The molecule has 21 heavy (non-hydrogen) atoms. The lowest BCUT2D eigenvalue weighted by molar-refractivity contribution is 0.0213. The van der Waals surface area contributed by atoms with Crippen LogP contribution in [0.1, 0.15) is 24.4 Å². The van der Waals surface area contributed by atoms with Gasteiger partial charge in [-0.15, -0.1) is 0 Å². The molecule has 5 heteroatoms. The normalized spacial score (nSPS) is 23.1. The summed E-state index contributed by atoms with van der Waals surface area (Å²) in [4.78, 5) is 2.54. The molecule has 1 atom stereocenters. The van der Waals surface area contributed by atoms with Crippen molar-refractivity contribution in [3.8, 4) is 0 Å². The van der Waals surface area contributed by atoms with E-state index in [-0.39, 0.29) is 0 Å². The molecule has 3 nitrogen and oxygen atoms in total. The fourth-order valence-electron chi connectivity index (χ4n) is 3.50. The Bertz CT molecular complexity index is 433. The van der Waals surface area contributed by atoms with Gasteiger partial charge in [0.2, 0.25) is 0 Å². The van der Waals surface area contributed by atoms with E-state index in [2.05, 4.69) is 10.2 Å². The number of benzene rings is 1. The van der Waals surface area contributed by atoms with Crippen molar-refractivity contribution in [2.45, 2.75) is 18.9 Å². The number of ether oxygens (including phenoxy) is 1. The van der Waals surface area contributed by atoms with Gasteiger partial charge >= 0.3 is 0 Å². The third kappa shape index (κ3) is 3.54. The molecule has 0 spiro atoms. The van der Waals surface area contributed by atoms with Crippen LogP contribution in [0.2, 0.25) is 10.0 Å². The predicted molar refractivity (Wildman–Crippen MR) is 87.2 cm³/mol. The molecular weight excluding hydrogens is 307 g/mol. The van der Waals surface area contributed by atoms with E-state index in [1.54, 1.807) is 0 Å². The molecule has 0 aliphatic carbocycles. The molecule has 0 saturated carbocycles. The Kier molecular flexibility index (Phi) is 5.41. The summed E-state index contributed by atoms with van der Waals surface area (Å²) in [5.74, 6) is 0.564. The van der Waals surface area contributed by atoms with E-state index in [1.165, 1.54) is 0 Å². The summed E-state index contributed by atoms with van der Waals surface area (Å²) in [6.45, 7) is 5.83. The van der Waals surface area contributed by atoms with Gasteiger partial charge < -0.3 is 10.1 Å². The highest BCUT2D eigenvalue weighted by molar-refractivity contribution is 6.36. The van der Waals surface area contributed by atoms with E-state index in [0.29, 0.717) is 12.0 Å². The van der Waals surface area contributed by atoms with Gasteiger partial charge in [0.15, 0.2) is 0 Å². The average Bonchev–Trinajstić information content (AvgIpc) is 2.53. The summed E-state index contributed by atoms with van der Waals surface area (Å²) in [7, 11) is 0. The predicted octanol–water partition coefficient (Wildman–Crippen LogP) is 3.37. The Balaban J connectivity index is 1.94. The van der Waals surface area contributed by atoms with Crippen molar-refractivity contribution in [2.75, 3.05) is 39.4 Å². The van der Waals surface area contributed by atoms with Crippen molar-refractivity contribution in [1.82, 2.24) is 10.2 Å². The molecule has 116 valence electrons. The molecule has 0 unspecified atom stereocenters. The van der Waals surface area contributed by atoms with Crippen LogP contribution in [0.15, 0.2) is 18.2 Å². The number of hydrogen-bond donors (Lipinski definition) is 1. The van der Waals surface area contributed by atoms with E-state index in [0.717, 1.165) is 67.8 Å². The molecule has 2 aliphatic heterocycles. The zero-order valence-corrected chi connectivity index (χ0v) is 13.7. The first-order chi connectivity index (χ1) is 10.3. The van der Waals surface area contributed by atoms with E-state index < -0.39 is 0 Å². The minimum absolute atomic E-state index is 0.303. The maximum absolute atomic E-state index is 6.50. The number of halogens is 2. The highest BCUT2D eigenvalue weighted by atomic mass is 35.5. The van der Waals surface area contributed by atoms with Crippen LogP contribution in [0.3, 0.4) is 0 Å². The Labute approximate surface area is 136 Å². The van der Waals surface area contributed by atoms with Crippen LogP contribution in [-0.2, 0) is 4.74 Å². The van der Waals surface area contributed by atoms with Gasteiger partial charge in [-0.2, -0.15) is 0 Å². The maximum Gasteiger partial charge on any atom is 0.0469 e. The van der Waals surface area contributed by atoms with Crippen molar-refractivity contribution < 1.29 is 4.74 Å². The minimum Gasteiger partial charge on any atom is -0.381 e. The van der Waals surface area contributed by atoms with E-state index in [4.69, 9.17) is 27.9 Å². The van der Waals surface area contributed by atoms with E-state index in [9.17, 15) is 0 Å². The van der Waals surface area contributed by atoms with Crippen LogP contribution in [-0.4, -0.2) is 44.3 Å². The van der Waals surface area contributed by atoms with Gasteiger partial charge in [-0.05, 0) is 30.9 Å². The quantitative estimate of drug-likeness (QED) is 0.920. The second kappa shape index (κ2) is 7.30. The van der Waals surface area contributed by atoms with Gasteiger partial charge in [0, 0.05) is 61.0 Å². The summed E-state index contributed by atoms with van der Waals surface area (Å²) in [6, 6.07) is 6.14. The van der Waals surface area contributed by atoms with Crippen LogP contribution in [0.4, 0.5) is 0 Å². The van der Waals surface area contributed by atoms with Gasteiger partial charge in [-0.3, -0.25) is 4.90 Å². The van der Waals surface area contributed by atoms with Gasteiger partial charge in [0.1, 0.15) is 0 Å². The average molecular weight is 329 g/mol. The molecule has 2 aliphatic rings. The van der Waals surface area contributed by atoms with Crippen molar-refractivity contribution in [2.24, 2.45) is 5.92 Å². The lowest BCUT2D eigenvalue weighted by Gasteiger charge is -2.41. The summed E-state index contributed by atoms with van der Waals surface area (Å²) >= 11 is 13.0. The van der Waals surface area contributed by atoms with Crippen LogP contribution >= 0.6 is 23.2 Å². The van der Waals surface area contributed by atoms with Crippen LogP contribution in [0.25, 0.3) is 0 Å². The first-order valence-corrected chi connectivity index (χ1v) is 8.49.